The molecule has 2 atom stereocenters. The fourth-order valence-electron chi connectivity index (χ4n) is 3.34. The van der Waals surface area contributed by atoms with E-state index in [1.165, 1.54) is 18.6 Å². The Labute approximate surface area is 124 Å². The highest BCUT2D eigenvalue weighted by atomic mass is 19.4. The lowest BCUT2D eigenvalue weighted by Gasteiger charge is -2.41. The van der Waals surface area contributed by atoms with Crippen molar-refractivity contribution in [1.82, 2.24) is 0 Å². The molecule has 1 aromatic rings. The Morgan fingerprint density at radius 3 is 2.33 bits per heavy atom. The number of anilines is 1. The summed E-state index contributed by atoms with van der Waals surface area (Å²) in [6.07, 6.45) is 0.234. The molecule has 0 amide bonds. The van der Waals surface area contributed by atoms with Crippen LogP contribution in [0, 0.1) is 11.3 Å². The van der Waals surface area contributed by atoms with E-state index in [0.717, 1.165) is 25.3 Å². The van der Waals surface area contributed by atoms with Crippen LogP contribution in [0.4, 0.5) is 18.9 Å². The summed E-state index contributed by atoms with van der Waals surface area (Å²) in [5, 5.41) is 3.35. The van der Waals surface area contributed by atoms with Gasteiger partial charge in [-0.05, 0) is 42.4 Å². The van der Waals surface area contributed by atoms with Crippen LogP contribution in [0.3, 0.4) is 0 Å². The smallest absolute Gasteiger partial charge is 0.382 e. The van der Waals surface area contributed by atoms with Gasteiger partial charge < -0.3 is 5.32 Å². The molecule has 0 heterocycles. The Morgan fingerprint density at radius 2 is 1.71 bits per heavy atom. The Bertz CT molecular complexity index is 474. The minimum Gasteiger partial charge on any atom is -0.382 e. The summed E-state index contributed by atoms with van der Waals surface area (Å²) in [6, 6.07) is 5.79. The molecule has 0 aliphatic heterocycles. The van der Waals surface area contributed by atoms with Gasteiger partial charge in [-0.25, -0.2) is 0 Å². The first-order chi connectivity index (χ1) is 9.68. The van der Waals surface area contributed by atoms with E-state index in [1.54, 1.807) is 6.07 Å². The summed E-state index contributed by atoms with van der Waals surface area (Å²) in [5.74, 6) is 0.487. The zero-order valence-electron chi connectivity index (χ0n) is 12.9. The van der Waals surface area contributed by atoms with Crippen molar-refractivity contribution in [2.24, 2.45) is 11.3 Å². The van der Waals surface area contributed by atoms with E-state index in [2.05, 4.69) is 26.1 Å². The predicted octanol–water partition coefficient (Wildman–Crippen LogP) is 5.72. The van der Waals surface area contributed by atoms with Crippen LogP contribution < -0.4 is 5.32 Å². The van der Waals surface area contributed by atoms with E-state index in [9.17, 15) is 13.2 Å². The topological polar surface area (TPSA) is 12.0 Å². The summed E-state index contributed by atoms with van der Waals surface area (Å²) in [4.78, 5) is 0. The van der Waals surface area contributed by atoms with Crippen LogP contribution in [-0.2, 0) is 6.18 Å². The molecule has 2 unspecified atom stereocenters. The Morgan fingerprint density at radius 1 is 1.05 bits per heavy atom. The number of benzene rings is 1. The number of alkyl halides is 3. The van der Waals surface area contributed by atoms with Crippen LogP contribution in [0.1, 0.15) is 52.0 Å². The van der Waals surface area contributed by atoms with Crippen molar-refractivity contribution >= 4 is 5.69 Å². The predicted molar refractivity (Wildman–Crippen MR) is 80.3 cm³/mol. The number of nitrogens with one attached hydrogen (secondary N) is 1. The summed E-state index contributed by atoms with van der Waals surface area (Å²) in [5.41, 5.74) is 0.154. The van der Waals surface area contributed by atoms with E-state index >= 15 is 0 Å². The lowest BCUT2D eigenvalue weighted by molar-refractivity contribution is -0.137. The number of hydrogen-bond donors (Lipinski definition) is 1. The normalized spacial score (nSPS) is 23.9. The average Bonchev–Trinajstić information content (AvgIpc) is 2.37. The molecule has 1 nitrogen and oxygen atoms in total. The van der Waals surface area contributed by atoms with Crippen LogP contribution in [-0.4, -0.2) is 6.04 Å². The van der Waals surface area contributed by atoms with E-state index in [-0.39, 0.29) is 11.5 Å². The van der Waals surface area contributed by atoms with Crippen LogP contribution in [0.15, 0.2) is 24.3 Å². The van der Waals surface area contributed by atoms with Gasteiger partial charge in [0.2, 0.25) is 0 Å². The summed E-state index contributed by atoms with van der Waals surface area (Å²) < 4.78 is 38.4. The molecule has 1 aliphatic carbocycles. The molecule has 1 aromatic carbocycles. The zero-order chi connectivity index (χ0) is 15.7. The average molecular weight is 299 g/mol. The number of halogens is 3. The van der Waals surface area contributed by atoms with Crippen molar-refractivity contribution in [2.45, 2.75) is 58.7 Å². The lowest BCUT2D eigenvalue weighted by Crippen LogP contribution is -2.39. The molecule has 21 heavy (non-hydrogen) atoms. The SMILES string of the molecule is CC(C)(C)C1CCCCC1Nc1cccc(C(F)(F)F)c1. The van der Waals surface area contributed by atoms with E-state index < -0.39 is 11.7 Å². The Balaban J connectivity index is 2.16. The third-order valence-electron chi connectivity index (χ3n) is 4.42. The Hall–Kier alpha value is -1.19. The van der Waals surface area contributed by atoms with E-state index in [0.29, 0.717) is 11.6 Å². The minimum atomic E-state index is -4.28. The molecule has 0 spiro atoms. The van der Waals surface area contributed by atoms with Crippen molar-refractivity contribution in [1.29, 1.82) is 0 Å². The second kappa shape index (κ2) is 5.90. The molecule has 1 fully saturated rings. The van der Waals surface area contributed by atoms with Crippen molar-refractivity contribution in [3.63, 3.8) is 0 Å². The summed E-state index contributed by atoms with van der Waals surface area (Å²) >= 11 is 0. The van der Waals surface area contributed by atoms with Crippen molar-refractivity contribution < 1.29 is 13.2 Å². The first kappa shape index (κ1) is 16.2. The van der Waals surface area contributed by atoms with Gasteiger partial charge >= 0.3 is 6.18 Å². The quantitative estimate of drug-likeness (QED) is 0.736. The Kier molecular flexibility index (Phi) is 4.54. The number of hydrogen-bond acceptors (Lipinski definition) is 1. The highest BCUT2D eigenvalue weighted by molar-refractivity contribution is 5.47. The molecule has 4 heteroatoms. The first-order valence-corrected chi connectivity index (χ1v) is 7.62. The van der Waals surface area contributed by atoms with Gasteiger partial charge in [-0.15, -0.1) is 0 Å². The largest absolute Gasteiger partial charge is 0.416 e. The summed E-state index contributed by atoms with van der Waals surface area (Å²) in [6.45, 7) is 6.64. The third-order valence-corrected chi connectivity index (χ3v) is 4.42. The van der Waals surface area contributed by atoms with Gasteiger partial charge in [0, 0.05) is 11.7 Å². The highest BCUT2D eigenvalue weighted by Gasteiger charge is 2.35. The zero-order valence-corrected chi connectivity index (χ0v) is 12.9. The maximum Gasteiger partial charge on any atom is 0.416 e. The molecule has 0 radical (unpaired) electrons. The van der Waals surface area contributed by atoms with Gasteiger partial charge in [-0.3, -0.25) is 0 Å². The third kappa shape index (κ3) is 4.14. The highest BCUT2D eigenvalue weighted by Crippen LogP contribution is 2.39. The molecule has 1 aliphatic rings. The fraction of sp³-hybridized carbons (Fsp3) is 0.647. The van der Waals surface area contributed by atoms with E-state index in [4.69, 9.17) is 0 Å². The van der Waals surface area contributed by atoms with Crippen molar-refractivity contribution in [3.8, 4) is 0 Å². The van der Waals surface area contributed by atoms with Gasteiger partial charge in [-0.1, -0.05) is 39.7 Å². The molecular formula is C17H24F3N. The van der Waals surface area contributed by atoms with Gasteiger partial charge in [0.25, 0.3) is 0 Å². The van der Waals surface area contributed by atoms with Gasteiger partial charge in [0.15, 0.2) is 0 Å². The molecule has 2 rings (SSSR count). The van der Waals surface area contributed by atoms with Crippen LogP contribution in [0.25, 0.3) is 0 Å². The molecule has 1 saturated carbocycles. The van der Waals surface area contributed by atoms with Gasteiger partial charge in [-0.2, -0.15) is 13.2 Å². The monoisotopic (exact) mass is 299 g/mol. The fourth-order valence-corrected chi connectivity index (χ4v) is 3.34. The van der Waals surface area contributed by atoms with Crippen LogP contribution >= 0.6 is 0 Å². The molecule has 0 aromatic heterocycles. The van der Waals surface area contributed by atoms with Gasteiger partial charge in [0.05, 0.1) is 5.56 Å². The molecular weight excluding hydrogens is 275 g/mol. The van der Waals surface area contributed by atoms with Gasteiger partial charge in [0.1, 0.15) is 0 Å². The maximum absolute atomic E-state index is 12.8. The van der Waals surface area contributed by atoms with Crippen LogP contribution in [0.5, 0.6) is 0 Å². The lowest BCUT2D eigenvalue weighted by atomic mass is 9.69. The van der Waals surface area contributed by atoms with Crippen LogP contribution in [0.2, 0.25) is 0 Å². The molecule has 0 bridgehead atoms. The number of rotatable bonds is 2. The second-order valence-electron chi connectivity index (χ2n) is 7.09. The second-order valence-corrected chi connectivity index (χ2v) is 7.09. The summed E-state index contributed by atoms with van der Waals surface area (Å²) in [7, 11) is 0. The van der Waals surface area contributed by atoms with E-state index in [1.807, 2.05) is 0 Å². The molecule has 118 valence electrons. The van der Waals surface area contributed by atoms with Crippen molar-refractivity contribution in [3.05, 3.63) is 29.8 Å². The first-order valence-electron chi connectivity index (χ1n) is 7.62. The maximum atomic E-state index is 12.8. The van der Waals surface area contributed by atoms with Crippen molar-refractivity contribution in [2.75, 3.05) is 5.32 Å². The standard InChI is InChI=1S/C17H24F3N/c1-16(2,3)14-9-4-5-10-15(14)21-13-8-6-7-12(11-13)17(18,19)20/h6-8,11,14-15,21H,4-5,9-10H2,1-3H3. The minimum absolute atomic E-state index is 0.166. The molecule has 1 N–H and O–H groups in total. The molecule has 0 saturated heterocycles.